The van der Waals surface area contributed by atoms with Crippen LogP contribution in [0.4, 0.5) is 4.39 Å². The van der Waals surface area contributed by atoms with E-state index in [4.69, 9.17) is 0 Å². The minimum absolute atomic E-state index is 0.175. The Balaban J connectivity index is 2.37. The first-order valence-corrected chi connectivity index (χ1v) is 5.83. The summed E-state index contributed by atoms with van der Waals surface area (Å²) in [6.07, 6.45) is -1.19. The fourth-order valence-corrected chi connectivity index (χ4v) is 1.44. The molecule has 0 aliphatic heterocycles. The maximum atomic E-state index is 12.9. The molecule has 3 N–H and O–H groups in total. The monoisotopic (exact) mass is 241 g/mol. The Morgan fingerprint density at radius 1 is 1.24 bits per heavy atom. The molecule has 0 aliphatic carbocycles. The lowest BCUT2D eigenvalue weighted by molar-refractivity contribution is 0.113. The number of hydrogen-bond donors (Lipinski definition) is 3. The zero-order valence-corrected chi connectivity index (χ0v) is 10.2. The second-order valence-corrected chi connectivity index (χ2v) is 4.54. The van der Waals surface area contributed by atoms with Crippen molar-refractivity contribution in [1.82, 2.24) is 5.32 Å². The maximum absolute atomic E-state index is 12.9. The molecule has 96 valence electrons. The van der Waals surface area contributed by atoms with Gasteiger partial charge in [0, 0.05) is 13.1 Å². The van der Waals surface area contributed by atoms with E-state index in [2.05, 4.69) is 5.32 Å². The Hall–Kier alpha value is -0.970. The van der Waals surface area contributed by atoms with E-state index in [9.17, 15) is 14.6 Å². The Bertz CT molecular complexity index is 344. The van der Waals surface area contributed by atoms with Crippen LogP contribution >= 0.6 is 0 Å². The predicted molar refractivity (Wildman–Crippen MR) is 65.1 cm³/mol. The molecule has 0 spiro atoms. The summed E-state index contributed by atoms with van der Waals surface area (Å²) in [5.41, 5.74) is 0.538. The van der Waals surface area contributed by atoms with Crippen LogP contribution in [0, 0.1) is 11.7 Å². The number of aliphatic hydroxyl groups excluding tert-OH is 2. The van der Waals surface area contributed by atoms with Crippen LogP contribution in [0.15, 0.2) is 24.3 Å². The Morgan fingerprint density at radius 3 is 2.53 bits per heavy atom. The predicted octanol–water partition coefficient (Wildman–Crippen LogP) is 1.47. The molecule has 0 radical (unpaired) electrons. The first-order chi connectivity index (χ1) is 8.00. The van der Waals surface area contributed by atoms with Crippen molar-refractivity contribution in [1.29, 1.82) is 0 Å². The SMILES string of the molecule is CC(C)C(O)CNCC(O)c1cccc(F)c1. The van der Waals surface area contributed by atoms with Crippen molar-refractivity contribution in [3.63, 3.8) is 0 Å². The van der Waals surface area contributed by atoms with Crippen molar-refractivity contribution >= 4 is 0 Å². The van der Waals surface area contributed by atoms with Crippen LogP contribution in [-0.4, -0.2) is 29.4 Å². The summed E-state index contributed by atoms with van der Waals surface area (Å²) in [4.78, 5) is 0. The van der Waals surface area contributed by atoms with Gasteiger partial charge in [0.1, 0.15) is 5.82 Å². The van der Waals surface area contributed by atoms with Gasteiger partial charge >= 0.3 is 0 Å². The topological polar surface area (TPSA) is 52.5 Å². The molecule has 1 aromatic rings. The third kappa shape index (κ3) is 4.81. The zero-order valence-electron chi connectivity index (χ0n) is 10.2. The number of nitrogens with one attached hydrogen (secondary N) is 1. The molecule has 17 heavy (non-hydrogen) atoms. The summed E-state index contributed by atoms with van der Waals surface area (Å²) in [5, 5.41) is 22.3. The van der Waals surface area contributed by atoms with E-state index >= 15 is 0 Å². The van der Waals surface area contributed by atoms with Crippen LogP contribution < -0.4 is 5.32 Å². The largest absolute Gasteiger partial charge is 0.392 e. The summed E-state index contributed by atoms with van der Waals surface area (Å²) < 4.78 is 12.9. The number of halogens is 1. The molecule has 1 aromatic carbocycles. The number of aliphatic hydroxyl groups is 2. The van der Waals surface area contributed by atoms with Gasteiger partial charge in [-0.05, 0) is 23.6 Å². The number of rotatable bonds is 6. The minimum atomic E-state index is -0.759. The smallest absolute Gasteiger partial charge is 0.123 e. The summed E-state index contributed by atoms with van der Waals surface area (Å²) in [5.74, 6) is -0.183. The van der Waals surface area contributed by atoms with E-state index in [0.717, 1.165) is 0 Å². The first kappa shape index (κ1) is 14.1. The maximum Gasteiger partial charge on any atom is 0.123 e. The summed E-state index contributed by atoms with van der Waals surface area (Å²) in [7, 11) is 0. The fourth-order valence-electron chi connectivity index (χ4n) is 1.44. The van der Waals surface area contributed by atoms with Gasteiger partial charge in [0.05, 0.1) is 12.2 Å². The molecule has 4 heteroatoms. The van der Waals surface area contributed by atoms with Gasteiger partial charge in [0.25, 0.3) is 0 Å². The van der Waals surface area contributed by atoms with Crippen molar-refractivity contribution in [2.75, 3.05) is 13.1 Å². The molecule has 0 amide bonds. The van der Waals surface area contributed by atoms with Gasteiger partial charge in [0.15, 0.2) is 0 Å². The molecule has 2 atom stereocenters. The van der Waals surface area contributed by atoms with Gasteiger partial charge in [-0.1, -0.05) is 26.0 Å². The Morgan fingerprint density at radius 2 is 1.94 bits per heavy atom. The van der Waals surface area contributed by atoms with Gasteiger partial charge in [-0.2, -0.15) is 0 Å². The molecule has 0 saturated heterocycles. The highest BCUT2D eigenvalue weighted by atomic mass is 19.1. The molecular weight excluding hydrogens is 221 g/mol. The highest BCUT2D eigenvalue weighted by Crippen LogP contribution is 2.13. The van der Waals surface area contributed by atoms with E-state index < -0.39 is 12.2 Å². The minimum Gasteiger partial charge on any atom is -0.392 e. The average molecular weight is 241 g/mol. The molecule has 0 saturated carbocycles. The second kappa shape index (κ2) is 6.69. The van der Waals surface area contributed by atoms with Crippen molar-refractivity contribution in [2.45, 2.75) is 26.1 Å². The molecule has 0 bridgehead atoms. The average Bonchev–Trinajstić information content (AvgIpc) is 2.28. The first-order valence-electron chi connectivity index (χ1n) is 5.83. The second-order valence-electron chi connectivity index (χ2n) is 4.54. The lowest BCUT2D eigenvalue weighted by Gasteiger charge is -2.17. The molecule has 0 heterocycles. The molecule has 0 aromatic heterocycles. The van der Waals surface area contributed by atoms with Crippen LogP contribution in [0.25, 0.3) is 0 Å². The normalized spacial score (nSPS) is 14.9. The van der Waals surface area contributed by atoms with Crippen LogP contribution in [0.1, 0.15) is 25.5 Å². The molecule has 0 aliphatic rings. The lowest BCUT2D eigenvalue weighted by Crippen LogP contribution is -2.33. The van der Waals surface area contributed by atoms with Gasteiger partial charge in [-0.15, -0.1) is 0 Å². The van der Waals surface area contributed by atoms with E-state index in [1.807, 2.05) is 13.8 Å². The lowest BCUT2D eigenvalue weighted by atomic mass is 10.1. The van der Waals surface area contributed by atoms with Crippen LogP contribution in [-0.2, 0) is 0 Å². The van der Waals surface area contributed by atoms with Gasteiger partial charge in [0.2, 0.25) is 0 Å². The molecule has 2 unspecified atom stereocenters. The van der Waals surface area contributed by atoms with Crippen molar-refractivity contribution < 1.29 is 14.6 Å². The highest BCUT2D eigenvalue weighted by Gasteiger charge is 2.11. The van der Waals surface area contributed by atoms with E-state index in [1.165, 1.54) is 12.1 Å². The summed E-state index contributed by atoms with van der Waals surface area (Å²) in [6, 6.07) is 5.89. The zero-order chi connectivity index (χ0) is 12.8. The number of benzene rings is 1. The van der Waals surface area contributed by atoms with E-state index in [0.29, 0.717) is 18.7 Å². The molecule has 0 fully saturated rings. The van der Waals surface area contributed by atoms with Crippen LogP contribution in [0.3, 0.4) is 0 Å². The van der Waals surface area contributed by atoms with E-state index in [-0.39, 0.29) is 11.7 Å². The summed E-state index contributed by atoms with van der Waals surface area (Å²) in [6.45, 7) is 4.57. The number of hydrogen-bond acceptors (Lipinski definition) is 3. The molecular formula is C13H20FNO2. The van der Waals surface area contributed by atoms with Gasteiger partial charge < -0.3 is 15.5 Å². The van der Waals surface area contributed by atoms with Crippen LogP contribution in [0.5, 0.6) is 0 Å². The third-order valence-electron chi connectivity index (χ3n) is 2.69. The molecule has 3 nitrogen and oxygen atoms in total. The van der Waals surface area contributed by atoms with Crippen molar-refractivity contribution in [3.8, 4) is 0 Å². The fraction of sp³-hybridized carbons (Fsp3) is 0.538. The standard InChI is InChI=1S/C13H20FNO2/c1-9(2)12(16)7-15-8-13(17)10-4-3-5-11(14)6-10/h3-6,9,12-13,15-17H,7-8H2,1-2H3. The van der Waals surface area contributed by atoms with Crippen molar-refractivity contribution in [2.24, 2.45) is 5.92 Å². The summed E-state index contributed by atoms with van der Waals surface area (Å²) >= 11 is 0. The van der Waals surface area contributed by atoms with Gasteiger partial charge in [-0.25, -0.2) is 4.39 Å². The Kier molecular flexibility index (Phi) is 5.55. The van der Waals surface area contributed by atoms with Crippen LogP contribution in [0.2, 0.25) is 0 Å². The van der Waals surface area contributed by atoms with Gasteiger partial charge in [-0.3, -0.25) is 0 Å². The Labute approximate surface area is 101 Å². The van der Waals surface area contributed by atoms with E-state index in [1.54, 1.807) is 12.1 Å². The molecule has 1 rings (SSSR count). The van der Waals surface area contributed by atoms with Crippen molar-refractivity contribution in [3.05, 3.63) is 35.6 Å². The quantitative estimate of drug-likeness (QED) is 0.707. The highest BCUT2D eigenvalue weighted by molar-refractivity contribution is 5.18. The third-order valence-corrected chi connectivity index (χ3v) is 2.69.